The van der Waals surface area contributed by atoms with Crippen molar-refractivity contribution in [2.45, 2.75) is 4.90 Å². The molecular weight excluding hydrogens is 411 g/mol. The summed E-state index contributed by atoms with van der Waals surface area (Å²) >= 11 is 13.4. The monoisotopic (exact) mass is 426 g/mol. The van der Waals surface area contributed by atoms with E-state index < -0.39 is 4.92 Å². The summed E-state index contributed by atoms with van der Waals surface area (Å²) in [6, 6.07) is 6.22. The fraction of sp³-hybridized carbons (Fsp3) is 0.294. The minimum atomic E-state index is -0.464. The lowest BCUT2D eigenvalue weighted by Gasteiger charge is -2.35. The lowest BCUT2D eigenvalue weighted by atomic mass is 10.1. The number of rotatable bonds is 4. The molecule has 1 amide bonds. The first-order chi connectivity index (χ1) is 12.9. The van der Waals surface area contributed by atoms with Gasteiger partial charge in [0.2, 0.25) is 0 Å². The molecule has 1 aromatic carbocycles. The molecule has 27 heavy (non-hydrogen) atoms. The van der Waals surface area contributed by atoms with E-state index in [-0.39, 0.29) is 11.6 Å². The predicted octanol–water partition coefficient (Wildman–Crippen LogP) is 3.98. The summed E-state index contributed by atoms with van der Waals surface area (Å²) < 4.78 is 0. The van der Waals surface area contributed by atoms with Crippen LogP contribution in [0, 0.1) is 10.1 Å². The van der Waals surface area contributed by atoms with E-state index in [0.717, 1.165) is 0 Å². The third-order valence-corrected chi connectivity index (χ3v) is 5.55. The molecule has 1 aliphatic rings. The molecule has 3 rings (SSSR count). The van der Waals surface area contributed by atoms with E-state index in [1.54, 1.807) is 29.4 Å². The summed E-state index contributed by atoms with van der Waals surface area (Å²) in [5, 5.41) is 12.1. The van der Waals surface area contributed by atoms with Gasteiger partial charge in [-0.05, 0) is 24.5 Å². The number of hydrogen-bond donors (Lipinski definition) is 0. The van der Waals surface area contributed by atoms with Gasteiger partial charge in [0.25, 0.3) is 11.6 Å². The van der Waals surface area contributed by atoms with Crippen molar-refractivity contribution < 1.29 is 9.72 Å². The Labute approximate surface area is 170 Å². The summed E-state index contributed by atoms with van der Waals surface area (Å²) in [4.78, 5) is 32.0. The van der Waals surface area contributed by atoms with Crippen molar-refractivity contribution in [2.75, 3.05) is 37.3 Å². The zero-order chi connectivity index (χ0) is 19.6. The molecule has 0 radical (unpaired) electrons. The second kappa shape index (κ2) is 8.33. The Balaban J connectivity index is 1.71. The molecule has 2 heterocycles. The van der Waals surface area contributed by atoms with Gasteiger partial charge in [-0.1, -0.05) is 23.2 Å². The molecule has 10 heteroatoms. The number of thioether (sulfide) groups is 1. The molecular formula is C17H16Cl2N4O3S. The highest BCUT2D eigenvalue weighted by atomic mass is 35.5. The maximum Gasteiger partial charge on any atom is 0.283 e. The minimum Gasteiger partial charge on any atom is -0.352 e. The van der Waals surface area contributed by atoms with Crippen molar-refractivity contribution >= 4 is 52.4 Å². The van der Waals surface area contributed by atoms with Crippen LogP contribution in [0.25, 0.3) is 0 Å². The largest absolute Gasteiger partial charge is 0.352 e. The fourth-order valence-electron chi connectivity index (χ4n) is 2.91. The molecule has 7 nitrogen and oxygen atoms in total. The smallest absolute Gasteiger partial charge is 0.283 e. The fourth-order valence-corrected chi connectivity index (χ4v) is 3.96. The van der Waals surface area contributed by atoms with Gasteiger partial charge in [-0.15, -0.1) is 11.8 Å². The van der Waals surface area contributed by atoms with Crippen molar-refractivity contribution in [1.29, 1.82) is 0 Å². The van der Waals surface area contributed by atoms with Crippen LogP contribution in [0.4, 0.5) is 11.5 Å². The first-order valence-electron chi connectivity index (χ1n) is 8.08. The second-order valence-electron chi connectivity index (χ2n) is 5.88. The number of anilines is 1. The van der Waals surface area contributed by atoms with E-state index in [1.165, 1.54) is 24.0 Å². The number of carbonyl (C=O) groups excluding carboxylic acids is 1. The highest BCUT2D eigenvalue weighted by Gasteiger charge is 2.26. The third kappa shape index (κ3) is 4.28. The van der Waals surface area contributed by atoms with Crippen LogP contribution in [0.3, 0.4) is 0 Å². The zero-order valence-electron chi connectivity index (χ0n) is 14.4. The van der Waals surface area contributed by atoms with Gasteiger partial charge < -0.3 is 9.80 Å². The summed E-state index contributed by atoms with van der Waals surface area (Å²) in [6.07, 6.45) is 3.30. The molecule has 0 atom stereocenters. The number of carbonyl (C=O) groups is 1. The average Bonchev–Trinajstić information content (AvgIpc) is 2.67. The van der Waals surface area contributed by atoms with Gasteiger partial charge in [-0.2, -0.15) is 0 Å². The van der Waals surface area contributed by atoms with E-state index in [0.29, 0.717) is 52.5 Å². The SMILES string of the molecule is CSc1ccc(C(=O)N2CCN(c3ncc(Cl)cc3Cl)CC2)cc1[N+](=O)[O-]. The van der Waals surface area contributed by atoms with Crippen molar-refractivity contribution in [3.8, 4) is 0 Å². The Kier molecular flexibility index (Phi) is 6.08. The number of halogens is 2. The lowest BCUT2D eigenvalue weighted by molar-refractivity contribution is -0.387. The van der Waals surface area contributed by atoms with E-state index in [1.807, 2.05) is 4.90 Å². The van der Waals surface area contributed by atoms with Crippen molar-refractivity contribution in [1.82, 2.24) is 9.88 Å². The molecule has 0 unspecified atom stereocenters. The summed E-state index contributed by atoms with van der Waals surface area (Å²) in [5.74, 6) is 0.411. The van der Waals surface area contributed by atoms with Crippen LogP contribution in [0.2, 0.25) is 10.0 Å². The van der Waals surface area contributed by atoms with E-state index >= 15 is 0 Å². The van der Waals surface area contributed by atoms with Crippen LogP contribution in [0.5, 0.6) is 0 Å². The van der Waals surface area contributed by atoms with Gasteiger partial charge in [0.1, 0.15) is 5.82 Å². The van der Waals surface area contributed by atoms with Crippen LogP contribution in [-0.2, 0) is 0 Å². The number of nitro benzene ring substituents is 1. The number of pyridine rings is 1. The normalized spacial score (nSPS) is 14.3. The van der Waals surface area contributed by atoms with Crippen molar-refractivity contribution in [2.24, 2.45) is 0 Å². The molecule has 1 fully saturated rings. The lowest BCUT2D eigenvalue weighted by Crippen LogP contribution is -2.49. The molecule has 0 saturated carbocycles. The van der Waals surface area contributed by atoms with Crippen molar-refractivity contribution in [3.05, 3.63) is 56.2 Å². The number of amides is 1. The topological polar surface area (TPSA) is 79.6 Å². The second-order valence-corrected chi connectivity index (χ2v) is 7.57. The first kappa shape index (κ1) is 19.7. The highest BCUT2D eigenvalue weighted by molar-refractivity contribution is 7.98. The maximum atomic E-state index is 12.7. The number of nitro groups is 1. The van der Waals surface area contributed by atoms with Gasteiger partial charge in [0.15, 0.2) is 0 Å². The van der Waals surface area contributed by atoms with Gasteiger partial charge in [0.05, 0.1) is 19.9 Å². The van der Waals surface area contributed by atoms with E-state index in [4.69, 9.17) is 23.2 Å². The molecule has 1 aliphatic heterocycles. The molecule has 0 aliphatic carbocycles. The van der Waals surface area contributed by atoms with Crippen LogP contribution in [-0.4, -0.2) is 53.1 Å². The molecule has 1 aromatic heterocycles. The summed E-state index contributed by atoms with van der Waals surface area (Å²) in [6.45, 7) is 2.06. The van der Waals surface area contributed by atoms with Crippen LogP contribution < -0.4 is 4.90 Å². The van der Waals surface area contributed by atoms with Crippen LogP contribution in [0.1, 0.15) is 10.4 Å². The Hall–Kier alpha value is -2.03. The molecule has 0 spiro atoms. The van der Waals surface area contributed by atoms with Crippen LogP contribution >= 0.6 is 35.0 Å². The number of nitrogens with zero attached hydrogens (tertiary/aromatic N) is 4. The Morgan fingerprint density at radius 3 is 2.52 bits per heavy atom. The number of aromatic nitrogens is 1. The number of hydrogen-bond acceptors (Lipinski definition) is 6. The quantitative estimate of drug-likeness (QED) is 0.417. The Bertz CT molecular complexity index is 888. The van der Waals surface area contributed by atoms with E-state index in [2.05, 4.69) is 4.98 Å². The molecule has 0 bridgehead atoms. The number of benzene rings is 1. The standard InChI is InChI=1S/C17H16Cl2N4O3S/c1-27-15-3-2-11(8-14(15)23(25)26)17(24)22-6-4-21(5-7-22)16-13(19)9-12(18)10-20-16/h2-3,8-10H,4-7H2,1H3. The predicted molar refractivity (Wildman–Crippen MR) is 107 cm³/mol. The summed E-state index contributed by atoms with van der Waals surface area (Å²) in [5.41, 5.74) is 0.264. The number of piperazine rings is 1. The van der Waals surface area contributed by atoms with Gasteiger partial charge in [0, 0.05) is 44.0 Å². The molecule has 142 valence electrons. The van der Waals surface area contributed by atoms with Crippen LogP contribution in [0.15, 0.2) is 35.4 Å². The summed E-state index contributed by atoms with van der Waals surface area (Å²) in [7, 11) is 0. The van der Waals surface area contributed by atoms with Gasteiger partial charge in [-0.3, -0.25) is 14.9 Å². The third-order valence-electron chi connectivity index (χ3n) is 4.28. The maximum absolute atomic E-state index is 12.7. The average molecular weight is 427 g/mol. The minimum absolute atomic E-state index is 0.0517. The molecule has 1 saturated heterocycles. The Morgan fingerprint density at radius 1 is 1.22 bits per heavy atom. The highest BCUT2D eigenvalue weighted by Crippen LogP contribution is 2.30. The van der Waals surface area contributed by atoms with Gasteiger partial charge in [-0.25, -0.2) is 4.98 Å². The van der Waals surface area contributed by atoms with E-state index in [9.17, 15) is 14.9 Å². The molecule has 2 aromatic rings. The Morgan fingerprint density at radius 2 is 1.93 bits per heavy atom. The first-order valence-corrected chi connectivity index (χ1v) is 10.1. The van der Waals surface area contributed by atoms with Crippen molar-refractivity contribution in [3.63, 3.8) is 0 Å². The zero-order valence-corrected chi connectivity index (χ0v) is 16.7. The molecule has 0 N–H and O–H groups in total. The van der Waals surface area contributed by atoms with Gasteiger partial charge >= 0.3 is 0 Å².